The van der Waals surface area contributed by atoms with E-state index in [4.69, 9.17) is 0 Å². The second-order valence-electron chi connectivity index (χ2n) is 3.90. The summed E-state index contributed by atoms with van der Waals surface area (Å²) in [5, 5.41) is 9.64. The lowest BCUT2D eigenvalue weighted by molar-refractivity contribution is -0.118. The van der Waals surface area contributed by atoms with Crippen LogP contribution in [0.4, 0.5) is 0 Å². The molecule has 1 aromatic carbocycles. The SMILES string of the molecule is CC(=O)C1CCCc2c(O)cccc21. The Kier molecular flexibility index (Phi) is 2.28. The van der Waals surface area contributed by atoms with Crippen LogP contribution in [0.2, 0.25) is 0 Å². The molecule has 1 unspecified atom stereocenters. The number of Topliss-reactive ketones (excluding diaryl/α,β-unsaturated/α-hetero) is 1. The number of fused-ring (bicyclic) bond motifs is 1. The van der Waals surface area contributed by atoms with Gasteiger partial charge in [0.1, 0.15) is 11.5 Å². The molecule has 14 heavy (non-hydrogen) atoms. The Labute approximate surface area is 83.6 Å². The number of carbonyl (C=O) groups excluding carboxylic acids is 1. The van der Waals surface area contributed by atoms with Crippen LogP contribution in [0.1, 0.15) is 36.8 Å². The predicted molar refractivity (Wildman–Crippen MR) is 54.5 cm³/mol. The second-order valence-corrected chi connectivity index (χ2v) is 3.90. The number of phenols is 1. The van der Waals surface area contributed by atoms with Gasteiger partial charge in [0.25, 0.3) is 0 Å². The van der Waals surface area contributed by atoms with Gasteiger partial charge < -0.3 is 5.11 Å². The Balaban J connectivity index is 2.49. The molecule has 0 saturated heterocycles. The molecule has 0 aliphatic heterocycles. The Hall–Kier alpha value is -1.31. The minimum atomic E-state index is 0.00542. The van der Waals surface area contributed by atoms with Gasteiger partial charge in [-0.3, -0.25) is 4.79 Å². The lowest BCUT2D eigenvalue weighted by Crippen LogP contribution is -2.16. The van der Waals surface area contributed by atoms with Crippen LogP contribution in [0.25, 0.3) is 0 Å². The van der Waals surface area contributed by atoms with E-state index in [2.05, 4.69) is 0 Å². The number of hydrogen-bond acceptors (Lipinski definition) is 2. The van der Waals surface area contributed by atoms with Crippen LogP contribution in [0.3, 0.4) is 0 Å². The first-order valence-electron chi connectivity index (χ1n) is 5.01. The summed E-state index contributed by atoms with van der Waals surface area (Å²) in [7, 11) is 0. The Morgan fingerprint density at radius 2 is 2.29 bits per heavy atom. The van der Waals surface area contributed by atoms with E-state index >= 15 is 0 Å². The number of ketones is 1. The van der Waals surface area contributed by atoms with Crippen molar-refractivity contribution in [1.82, 2.24) is 0 Å². The molecule has 1 N–H and O–H groups in total. The first-order chi connectivity index (χ1) is 6.70. The molecule has 1 aliphatic carbocycles. The summed E-state index contributed by atoms with van der Waals surface area (Å²) < 4.78 is 0. The summed E-state index contributed by atoms with van der Waals surface area (Å²) in [5.41, 5.74) is 2.00. The zero-order valence-corrected chi connectivity index (χ0v) is 8.29. The van der Waals surface area contributed by atoms with Crippen LogP contribution in [0, 0.1) is 0 Å². The molecule has 1 atom stereocenters. The fraction of sp³-hybridized carbons (Fsp3) is 0.417. The highest BCUT2D eigenvalue weighted by Gasteiger charge is 2.24. The molecule has 0 spiro atoms. The molecule has 2 heteroatoms. The zero-order valence-electron chi connectivity index (χ0n) is 8.29. The fourth-order valence-corrected chi connectivity index (χ4v) is 2.25. The lowest BCUT2D eigenvalue weighted by Gasteiger charge is -2.23. The van der Waals surface area contributed by atoms with Gasteiger partial charge in [0, 0.05) is 5.92 Å². The van der Waals surface area contributed by atoms with Gasteiger partial charge in [0.05, 0.1) is 0 Å². The minimum absolute atomic E-state index is 0.00542. The summed E-state index contributed by atoms with van der Waals surface area (Å²) >= 11 is 0. The standard InChI is InChI=1S/C12H14O2/c1-8(13)9-4-2-6-11-10(9)5-3-7-12(11)14/h3,5,7,9,14H,2,4,6H2,1H3. The van der Waals surface area contributed by atoms with E-state index in [1.54, 1.807) is 13.0 Å². The molecule has 0 bridgehead atoms. The zero-order chi connectivity index (χ0) is 10.1. The summed E-state index contributed by atoms with van der Waals surface area (Å²) in [6, 6.07) is 5.47. The van der Waals surface area contributed by atoms with E-state index in [0.717, 1.165) is 30.4 Å². The quantitative estimate of drug-likeness (QED) is 0.738. The van der Waals surface area contributed by atoms with E-state index in [-0.39, 0.29) is 11.7 Å². The van der Waals surface area contributed by atoms with Gasteiger partial charge >= 0.3 is 0 Å². The van der Waals surface area contributed by atoms with Gasteiger partial charge in [0.2, 0.25) is 0 Å². The Morgan fingerprint density at radius 3 is 3.00 bits per heavy atom. The van der Waals surface area contributed by atoms with E-state index < -0.39 is 0 Å². The van der Waals surface area contributed by atoms with Crippen molar-refractivity contribution in [3.05, 3.63) is 29.3 Å². The smallest absolute Gasteiger partial charge is 0.137 e. The molecule has 0 amide bonds. The van der Waals surface area contributed by atoms with E-state index in [0.29, 0.717) is 5.75 Å². The molecular formula is C12H14O2. The number of hydrogen-bond donors (Lipinski definition) is 1. The average molecular weight is 190 g/mol. The maximum atomic E-state index is 11.4. The maximum absolute atomic E-state index is 11.4. The third kappa shape index (κ3) is 1.41. The number of benzene rings is 1. The van der Waals surface area contributed by atoms with Crippen molar-refractivity contribution in [1.29, 1.82) is 0 Å². The summed E-state index contributed by atoms with van der Waals surface area (Å²) in [6.07, 6.45) is 2.81. The molecule has 1 aromatic rings. The molecule has 0 radical (unpaired) electrons. The van der Waals surface area contributed by atoms with Crippen LogP contribution in [0.15, 0.2) is 18.2 Å². The first-order valence-corrected chi connectivity index (χ1v) is 5.01. The molecule has 0 heterocycles. The minimum Gasteiger partial charge on any atom is -0.508 e. The van der Waals surface area contributed by atoms with Crippen LogP contribution in [-0.2, 0) is 11.2 Å². The third-order valence-electron chi connectivity index (χ3n) is 2.97. The summed E-state index contributed by atoms with van der Waals surface area (Å²) in [6.45, 7) is 1.63. The van der Waals surface area contributed by atoms with Crippen molar-refractivity contribution in [2.45, 2.75) is 32.1 Å². The highest BCUT2D eigenvalue weighted by atomic mass is 16.3. The highest BCUT2D eigenvalue weighted by molar-refractivity contribution is 5.84. The second kappa shape index (κ2) is 3.45. The van der Waals surface area contributed by atoms with E-state index in [1.807, 2.05) is 12.1 Å². The van der Waals surface area contributed by atoms with E-state index in [9.17, 15) is 9.90 Å². The van der Waals surface area contributed by atoms with Crippen molar-refractivity contribution in [2.24, 2.45) is 0 Å². The summed E-state index contributed by atoms with van der Waals surface area (Å²) in [4.78, 5) is 11.4. The summed E-state index contributed by atoms with van der Waals surface area (Å²) in [5.74, 6) is 0.552. The topological polar surface area (TPSA) is 37.3 Å². The average Bonchev–Trinajstić information content (AvgIpc) is 2.17. The normalized spacial score (nSPS) is 20.2. The third-order valence-corrected chi connectivity index (χ3v) is 2.97. The molecule has 0 aromatic heterocycles. The molecule has 0 fully saturated rings. The molecule has 1 aliphatic rings. The molecule has 0 saturated carbocycles. The monoisotopic (exact) mass is 190 g/mol. The molecule has 74 valence electrons. The number of phenolic OH excluding ortho intramolecular Hbond substituents is 1. The predicted octanol–water partition coefficient (Wildman–Crippen LogP) is 2.40. The van der Waals surface area contributed by atoms with Gasteiger partial charge in [-0.2, -0.15) is 0 Å². The lowest BCUT2D eigenvalue weighted by atomic mass is 9.80. The van der Waals surface area contributed by atoms with Gasteiger partial charge in [-0.15, -0.1) is 0 Å². The van der Waals surface area contributed by atoms with Crippen molar-refractivity contribution >= 4 is 5.78 Å². The number of carbonyl (C=O) groups is 1. The highest BCUT2D eigenvalue weighted by Crippen LogP contribution is 2.36. The van der Waals surface area contributed by atoms with Crippen LogP contribution < -0.4 is 0 Å². The van der Waals surface area contributed by atoms with Crippen LogP contribution in [-0.4, -0.2) is 10.9 Å². The van der Waals surface area contributed by atoms with E-state index in [1.165, 1.54) is 0 Å². The van der Waals surface area contributed by atoms with Crippen molar-refractivity contribution in [3.8, 4) is 5.75 Å². The Morgan fingerprint density at radius 1 is 1.50 bits per heavy atom. The Bertz CT molecular complexity index is 369. The molecule has 2 nitrogen and oxygen atoms in total. The van der Waals surface area contributed by atoms with Gasteiger partial charge in [0.15, 0.2) is 0 Å². The van der Waals surface area contributed by atoms with Gasteiger partial charge in [-0.25, -0.2) is 0 Å². The fourth-order valence-electron chi connectivity index (χ4n) is 2.25. The van der Waals surface area contributed by atoms with Crippen LogP contribution in [0.5, 0.6) is 5.75 Å². The van der Waals surface area contributed by atoms with Crippen molar-refractivity contribution in [3.63, 3.8) is 0 Å². The maximum Gasteiger partial charge on any atom is 0.137 e. The molecule has 2 rings (SSSR count). The largest absolute Gasteiger partial charge is 0.508 e. The molecular weight excluding hydrogens is 176 g/mol. The van der Waals surface area contributed by atoms with Gasteiger partial charge in [-0.05, 0) is 43.4 Å². The first kappa shape index (κ1) is 9.25. The van der Waals surface area contributed by atoms with Gasteiger partial charge in [-0.1, -0.05) is 12.1 Å². The number of aromatic hydroxyl groups is 1. The van der Waals surface area contributed by atoms with Crippen molar-refractivity contribution < 1.29 is 9.90 Å². The van der Waals surface area contributed by atoms with Crippen molar-refractivity contribution in [2.75, 3.05) is 0 Å². The number of rotatable bonds is 1. The van der Waals surface area contributed by atoms with Crippen LogP contribution >= 0.6 is 0 Å².